The van der Waals surface area contributed by atoms with Crippen LogP contribution in [0.25, 0.3) is 0 Å². The molecule has 1 rings (SSSR count). The Balaban J connectivity index is 1.99. The van der Waals surface area contributed by atoms with Crippen molar-refractivity contribution in [2.45, 2.75) is 64.6 Å². The van der Waals surface area contributed by atoms with Crippen LogP contribution in [0.4, 0.5) is 0 Å². The number of ether oxygens (including phenoxy) is 3. The molecular weight excluding hydrogens is 232 g/mol. The molecule has 1 saturated heterocycles. The molecule has 0 spiro atoms. The fourth-order valence-electron chi connectivity index (χ4n) is 1.99. The SMILES string of the molecule is CCCCCCCC(=O)OCC1COCC(C)O1. The average molecular weight is 258 g/mol. The summed E-state index contributed by atoms with van der Waals surface area (Å²) in [6.07, 6.45) is 6.24. The summed E-state index contributed by atoms with van der Waals surface area (Å²) in [4.78, 5) is 11.5. The molecule has 4 heteroatoms. The largest absolute Gasteiger partial charge is 0.463 e. The Hall–Kier alpha value is -0.610. The molecule has 0 bridgehead atoms. The van der Waals surface area contributed by atoms with Gasteiger partial charge in [0.25, 0.3) is 0 Å². The zero-order valence-corrected chi connectivity index (χ0v) is 11.7. The molecule has 0 N–H and O–H groups in total. The van der Waals surface area contributed by atoms with Crippen LogP contribution in [-0.4, -0.2) is 38.0 Å². The molecule has 0 amide bonds. The van der Waals surface area contributed by atoms with Gasteiger partial charge in [-0.3, -0.25) is 4.79 Å². The highest BCUT2D eigenvalue weighted by Gasteiger charge is 2.20. The summed E-state index contributed by atoms with van der Waals surface area (Å²) < 4.78 is 16.1. The Labute approximate surface area is 110 Å². The van der Waals surface area contributed by atoms with E-state index in [2.05, 4.69) is 6.92 Å². The first-order valence-corrected chi connectivity index (χ1v) is 7.11. The van der Waals surface area contributed by atoms with E-state index >= 15 is 0 Å². The number of carbonyl (C=O) groups excluding carboxylic acids is 1. The van der Waals surface area contributed by atoms with Gasteiger partial charge in [-0.15, -0.1) is 0 Å². The number of carbonyl (C=O) groups is 1. The molecule has 4 nitrogen and oxygen atoms in total. The molecule has 1 aliphatic heterocycles. The molecule has 0 saturated carbocycles. The standard InChI is InChI=1S/C14H26O4/c1-3-4-5-6-7-8-14(15)17-11-13-10-16-9-12(2)18-13/h12-13H,3-11H2,1-2H3. The second-order valence-corrected chi connectivity index (χ2v) is 4.95. The van der Waals surface area contributed by atoms with Crippen molar-refractivity contribution in [2.75, 3.05) is 19.8 Å². The molecule has 106 valence electrons. The summed E-state index contributed by atoms with van der Waals surface area (Å²) >= 11 is 0. The molecule has 0 radical (unpaired) electrons. The van der Waals surface area contributed by atoms with E-state index in [1.165, 1.54) is 19.3 Å². The molecule has 18 heavy (non-hydrogen) atoms. The smallest absolute Gasteiger partial charge is 0.305 e. The van der Waals surface area contributed by atoms with Crippen LogP contribution < -0.4 is 0 Å². The maximum absolute atomic E-state index is 11.5. The van der Waals surface area contributed by atoms with E-state index in [4.69, 9.17) is 14.2 Å². The molecule has 0 aromatic heterocycles. The van der Waals surface area contributed by atoms with Crippen LogP contribution in [0.5, 0.6) is 0 Å². The minimum Gasteiger partial charge on any atom is -0.463 e. The van der Waals surface area contributed by atoms with Crippen molar-refractivity contribution in [3.05, 3.63) is 0 Å². The van der Waals surface area contributed by atoms with Gasteiger partial charge in [0.2, 0.25) is 0 Å². The summed E-state index contributed by atoms with van der Waals surface area (Å²) in [6, 6.07) is 0. The second-order valence-electron chi connectivity index (χ2n) is 4.95. The summed E-state index contributed by atoms with van der Waals surface area (Å²) in [6.45, 7) is 5.61. The topological polar surface area (TPSA) is 44.8 Å². The van der Waals surface area contributed by atoms with Gasteiger partial charge in [0.05, 0.1) is 19.3 Å². The lowest BCUT2D eigenvalue weighted by Gasteiger charge is -2.27. The van der Waals surface area contributed by atoms with Crippen molar-refractivity contribution in [1.82, 2.24) is 0 Å². The van der Waals surface area contributed by atoms with Gasteiger partial charge in [0.1, 0.15) is 12.7 Å². The normalized spacial score (nSPS) is 23.9. The van der Waals surface area contributed by atoms with E-state index < -0.39 is 0 Å². The van der Waals surface area contributed by atoms with E-state index in [-0.39, 0.29) is 18.2 Å². The van der Waals surface area contributed by atoms with Gasteiger partial charge in [-0.05, 0) is 13.3 Å². The average Bonchev–Trinajstić information content (AvgIpc) is 2.36. The third kappa shape index (κ3) is 6.97. The number of hydrogen-bond donors (Lipinski definition) is 0. The van der Waals surface area contributed by atoms with Crippen molar-refractivity contribution >= 4 is 5.97 Å². The molecular formula is C14H26O4. The first-order valence-electron chi connectivity index (χ1n) is 7.11. The second kappa shape index (κ2) is 9.34. The Bertz CT molecular complexity index is 230. The van der Waals surface area contributed by atoms with E-state index in [1.807, 2.05) is 6.92 Å². The van der Waals surface area contributed by atoms with Crippen LogP contribution in [-0.2, 0) is 19.0 Å². The Morgan fingerprint density at radius 3 is 2.72 bits per heavy atom. The monoisotopic (exact) mass is 258 g/mol. The molecule has 1 fully saturated rings. The van der Waals surface area contributed by atoms with Gasteiger partial charge < -0.3 is 14.2 Å². The minimum atomic E-state index is -0.117. The zero-order chi connectivity index (χ0) is 13.2. The Morgan fingerprint density at radius 1 is 1.22 bits per heavy atom. The summed E-state index contributed by atoms with van der Waals surface area (Å²) in [5, 5.41) is 0. The zero-order valence-electron chi connectivity index (χ0n) is 11.7. The first-order chi connectivity index (χ1) is 8.72. The fraction of sp³-hybridized carbons (Fsp3) is 0.929. The van der Waals surface area contributed by atoms with Gasteiger partial charge in [0.15, 0.2) is 0 Å². The molecule has 2 atom stereocenters. The molecule has 0 aliphatic carbocycles. The summed E-state index contributed by atoms with van der Waals surface area (Å²) in [7, 11) is 0. The van der Waals surface area contributed by atoms with Crippen molar-refractivity contribution in [2.24, 2.45) is 0 Å². The number of hydrogen-bond acceptors (Lipinski definition) is 4. The van der Waals surface area contributed by atoms with Gasteiger partial charge in [-0.1, -0.05) is 32.6 Å². The van der Waals surface area contributed by atoms with Crippen LogP contribution in [0.1, 0.15) is 52.4 Å². The van der Waals surface area contributed by atoms with Gasteiger partial charge in [-0.2, -0.15) is 0 Å². The highest BCUT2D eigenvalue weighted by atomic mass is 16.6. The quantitative estimate of drug-likeness (QED) is 0.496. The van der Waals surface area contributed by atoms with Crippen LogP contribution in [0.3, 0.4) is 0 Å². The van der Waals surface area contributed by atoms with E-state index in [0.717, 1.165) is 12.8 Å². The Morgan fingerprint density at radius 2 is 2.00 bits per heavy atom. The van der Waals surface area contributed by atoms with Crippen LogP contribution in [0.15, 0.2) is 0 Å². The third-order valence-electron chi connectivity index (χ3n) is 3.00. The predicted molar refractivity (Wildman–Crippen MR) is 69.5 cm³/mol. The molecule has 0 aromatic carbocycles. The van der Waals surface area contributed by atoms with Crippen LogP contribution in [0, 0.1) is 0 Å². The van der Waals surface area contributed by atoms with Gasteiger partial charge in [0, 0.05) is 6.42 Å². The first kappa shape index (κ1) is 15.4. The van der Waals surface area contributed by atoms with E-state index in [1.54, 1.807) is 0 Å². The van der Waals surface area contributed by atoms with Gasteiger partial charge >= 0.3 is 5.97 Å². The van der Waals surface area contributed by atoms with Crippen molar-refractivity contribution < 1.29 is 19.0 Å². The lowest BCUT2D eigenvalue weighted by atomic mass is 10.1. The number of esters is 1. The van der Waals surface area contributed by atoms with Crippen LogP contribution in [0.2, 0.25) is 0 Å². The lowest BCUT2D eigenvalue weighted by Crippen LogP contribution is -2.37. The van der Waals surface area contributed by atoms with Gasteiger partial charge in [-0.25, -0.2) is 0 Å². The Kier molecular flexibility index (Phi) is 8.01. The van der Waals surface area contributed by atoms with Crippen molar-refractivity contribution in [1.29, 1.82) is 0 Å². The lowest BCUT2D eigenvalue weighted by molar-refractivity contribution is -0.167. The molecule has 1 heterocycles. The van der Waals surface area contributed by atoms with E-state index in [9.17, 15) is 4.79 Å². The number of unbranched alkanes of at least 4 members (excludes halogenated alkanes) is 4. The van der Waals surface area contributed by atoms with Crippen molar-refractivity contribution in [3.8, 4) is 0 Å². The fourth-order valence-corrected chi connectivity index (χ4v) is 1.99. The summed E-state index contributed by atoms with van der Waals surface area (Å²) in [5.74, 6) is -0.117. The highest BCUT2D eigenvalue weighted by molar-refractivity contribution is 5.69. The number of rotatable bonds is 8. The molecule has 1 aliphatic rings. The van der Waals surface area contributed by atoms with Crippen LogP contribution >= 0.6 is 0 Å². The van der Waals surface area contributed by atoms with Crippen molar-refractivity contribution in [3.63, 3.8) is 0 Å². The maximum Gasteiger partial charge on any atom is 0.305 e. The molecule has 0 aromatic rings. The highest BCUT2D eigenvalue weighted by Crippen LogP contribution is 2.09. The predicted octanol–water partition coefficient (Wildman–Crippen LogP) is 2.69. The summed E-state index contributed by atoms with van der Waals surface area (Å²) in [5.41, 5.74) is 0. The minimum absolute atomic E-state index is 0.0940. The molecule has 2 unspecified atom stereocenters. The maximum atomic E-state index is 11.5. The van der Waals surface area contributed by atoms with E-state index in [0.29, 0.717) is 26.2 Å². The third-order valence-corrected chi connectivity index (χ3v) is 3.00.